The zero-order valence-electron chi connectivity index (χ0n) is 20.5. The van der Waals surface area contributed by atoms with Gasteiger partial charge in [-0.3, -0.25) is 9.59 Å². The summed E-state index contributed by atoms with van der Waals surface area (Å²) in [4.78, 5) is 27.6. The number of hydrogen-bond acceptors (Lipinski definition) is 4. The van der Waals surface area contributed by atoms with Gasteiger partial charge in [0.05, 0.1) is 6.04 Å². The highest BCUT2D eigenvalue weighted by Gasteiger charge is 2.37. The Hall–Kier alpha value is -3.54. The molecular formula is C29H32N2O4. The van der Waals surface area contributed by atoms with E-state index in [4.69, 9.17) is 9.15 Å². The fourth-order valence-corrected chi connectivity index (χ4v) is 4.54. The number of ether oxygens (including phenoxy) is 1. The molecule has 1 aliphatic heterocycles. The van der Waals surface area contributed by atoms with E-state index in [0.29, 0.717) is 23.8 Å². The standard InChI is InChI=1S/C29H32N2O4/c1-29(2,3)28(33)31-16-15-19-9-12-22(17-24(19)26(31)20-7-5-4-6-8-20)34-18-23-13-14-25(35-23)27(32)30-21-10-11-21/h4-9,12-14,17,21,26H,10-11,15-16,18H2,1-3H3,(H,30,32). The van der Waals surface area contributed by atoms with Crippen molar-refractivity contribution in [1.82, 2.24) is 10.2 Å². The van der Waals surface area contributed by atoms with Crippen LogP contribution in [-0.2, 0) is 17.8 Å². The van der Waals surface area contributed by atoms with Crippen molar-refractivity contribution in [2.45, 2.75) is 58.7 Å². The average Bonchev–Trinajstić information content (AvgIpc) is 3.53. The first kappa shape index (κ1) is 23.2. The number of carbonyl (C=O) groups excluding carboxylic acids is 2. The lowest BCUT2D eigenvalue weighted by molar-refractivity contribution is -0.141. The van der Waals surface area contributed by atoms with Crippen LogP contribution in [0.1, 0.15) is 72.7 Å². The summed E-state index contributed by atoms with van der Waals surface area (Å²) in [5, 5.41) is 2.93. The lowest BCUT2D eigenvalue weighted by Crippen LogP contribution is -2.45. The van der Waals surface area contributed by atoms with Crippen LogP contribution in [0.2, 0.25) is 0 Å². The molecule has 5 rings (SSSR count). The third-order valence-electron chi connectivity index (χ3n) is 6.54. The van der Waals surface area contributed by atoms with Gasteiger partial charge in [-0.15, -0.1) is 0 Å². The third-order valence-corrected chi connectivity index (χ3v) is 6.54. The number of amides is 2. The Labute approximate surface area is 206 Å². The molecule has 35 heavy (non-hydrogen) atoms. The van der Waals surface area contributed by atoms with Crippen LogP contribution in [0.25, 0.3) is 0 Å². The van der Waals surface area contributed by atoms with Gasteiger partial charge in [0.25, 0.3) is 5.91 Å². The van der Waals surface area contributed by atoms with Crippen molar-refractivity contribution in [2.75, 3.05) is 6.54 Å². The van der Waals surface area contributed by atoms with Crippen molar-refractivity contribution in [3.63, 3.8) is 0 Å². The van der Waals surface area contributed by atoms with Crippen molar-refractivity contribution in [1.29, 1.82) is 0 Å². The van der Waals surface area contributed by atoms with Crippen LogP contribution < -0.4 is 10.1 Å². The van der Waals surface area contributed by atoms with Crippen LogP contribution in [0.5, 0.6) is 5.75 Å². The van der Waals surface area contributed by atoms with Gasteiger partial charge in [-0.25, -0.2) is 0 Å². The Morgan fingerprint density at radius 2 is 1.83 bits per heavy atom. The lowest BCUT2D eigenvalue weighted by atomic mass is 9.85. The smallest absolute Gasteiger partial charge is 0.287 e. The van der Waals surface area contributed by atoms with E-state index >= 15 is 0 Å². The van der Waals surface area contributed by atoms with E-state index in [-0.39, 0.29) is 30.5 Å². The molecule has 0 bridgehead atoms. The third kappa shape index (κ3) is 5.11. The normalized spacial score (nSPS) is 17.6. The van der Waals surface area contributed by atoms with E-state index in [0.717, 1.165) is 30.4 Å². The minimum Gasteiger partial charge on any atom is -0.486 e. The highest BCUT2D eigenvalue weighted by Crippen LogP contribution is 2.39. The van der Waals surface area contributed by atoms with Gasteiger partial charge < -0.3 is 19.4 Å². The van der Waals surface area contributed by atoms with Gasteiger partial charge in [0.15, 0.2) is 5.76 Å². The molecule has 2 aromatic carbocycles. The lowest BCUT2D eigenvalue weighted by Gasteiger charge is -2.41. The van der Waals surface area contributed by atoms with Crippen molar-refractivity contribution in [3.8, 4) is 5.75 Å². The van der Waals surface area contributed by atoms with Crippen molar-refractivity contribution >= 4 is 11.8 Å². The molecule has 2 heterocycles. The van der Waals surface area contributed by atoms with Gasteiger partial charge in [0.2, 0.25) is 5.91 Å². The predicted molar refractivity (Wildman–Crippen MR) is 133 cm³/mol. The van der Waals surface area contributed by atoms with Gasteiger partial charge in [0, 0.05) is 18.0 Å². The fourth-order valence-electron chi connectivity index (χ4n) is 4.54. The predicted octanol–water partition coefficient (Wildman–Crippen LogP) is 5.27. The second-order valence-electron chi connectivity index (χ2n) is 10.5. The van der Waals surface area contributed by atoms with Crippen LogP contribution in [0, 0.1) is 5.41 Å². The maximum atomic E-state index is 13.4. The Balaban J connectivity index is 1.38. The van der Waals surface area contributed by atoms with E-state index < -0.39 is 5.41 Å². The summed E-state index contributed by atoms with van der Waals surface area (Å²) < 4.78 is 11.8. The van der Waals surface area contributed by atoms with Crippen molar-refractivity contribution < 1.29 is 18.7 Å². The summed E-state index contributed by atoms with van der Waals surface area (Å²) in [6.07, 6.45) is 2.87. The number of nitrogens with zero attached hydrogens (tertiary/aromatic N) is 1. The summed E-state index contributed by atoms with van der Waals surface area (Å²) in [6.45, 7) is 6.80. The van der Waals surface area contributed by atoms with Crippen molar-refractivity contribution in [2.24, 2.45) is 5.41 Å². The number of furan rings is 1. The van der Waals surface area contributed by atoms with E-state index in [9.17, 15) is 9.59 Å². The molecule has 2 aliphatic rings. The number of benzene rings is 2. The molecule has 182 valence electrons. The number of hydrogen-bond donors (Lipinski definition) is 1. The van der Waals surface area contributed by atoms with E-state index in [1.807, 2.05) is 56.0 Å². The van der Waals surface area contributed by atoms with Gasteiger partial charge in [0.1, 0.15) is 18.1 Å². The summed E-state index contributed by atoms with van der Waals surface area (Å²) in [7, 11) is 0. The Morgan fingerprint density at radius 3 is 2.54 bits per heavy atom. The topological polar surface area (TPSA) is 71.8 Å². The highest BCUT2D eigenvalue weighted by molar-refractivity contribution is 5.91. The molecule has 1 fully saturated rings. The Bertz CT molecular complexity index is 1220. The summed E-state index contributed by atoms with van der Waals surface area (Å²) in [6, 6.07) is 19.8. The summed E-state index contributed by atoms with van der Waals surface area (Å²) in [5.74, 6) is 1.56. The average molecular weight is 473 g/mol. The van der Waals surface area contributed by atoms with Gasteiger partial charge >= 0.3 is 0 Å². The first-order chi connectivity index (χ1) is 16.8. The monoisotopic (exact) mass is 472 g/mol. The second kappa shape index (κ2) is 9.25. The van der Waals surface area contributed by atoms with Crippen LogP contribution in [0.3, 0.4) is 0 Å². The first-order valence-electron chi connectivity index (χ1n) is 12.3. The zero-order valence-corrected chi connectivity index (χ0v) is 20.5. The largest absolute Gasteiger partial charge is 0.486 e. The van der Waals surface area contributed by atoms with Crippen molar-refractivity contribution in [3.05, 3.63) is 88.9 Å². The minimum absolute atomic E-state index is 0.135. The first-order valence-corrected chi connectivity index (χ1v) is 12.3. The number of nitrogens with one attached hydrogen (secondary N) is 1. The maximum Gasteiger partial charge on any atom is 0.287 e. The molecule has 0 saturated heterocycles. The zero-order chi connectivity index (χ0) is 24.6. The maximum absolute atomic E-state index is 13.4. The number of rotatable bonds is 6. The number of carbonyl (C=O) groups is 2. The van der Waals surface area contributed by atoms with Gasteiger partial charge in [-0.05, 0) is 60.2 Å². The molecule has 0 radical (unpaired) electrons. The van der Waals surface area contributed by atoms with E-state index in [1.54, 1.807) is 12.1 Å². The van der Waals surface area contributed by atoms with Crippen LogP contribution in [0.4, 0.5) is 0 Å². The molecule has 6 heteroatoms. The quantitative estimate of drug-likeness (QED) is 0.530. The molecule has 2 amide bonds. The molecule has 6 nitrogen and oxygen atoms in total. The molecule has 1 N–H and O–H groups in total. The molecular weight excluding hydrogens is 440 g/mol. The molecule has 1 atom stereocenters. The molecule has 1 saturated carbocycles. The molecule has 0 spiro atoms. The molecule has 1 aromatic heterocycles. The van der Waals surface area contributed by atoms with Crippen LogP contribution in [0.15, 0.2) is 65.1 Å². The van der Waals surface area contributed by atoms with E-state index in [1.165, 1.54) is 5.56 Å². The van der Waals surface area contributed by atoms with Crippen LogP contribution in [-0.4, -0.2) is 29.3 Å². The molecule has 1 unspecified atom stereocenters. The minimum atomic E-state index is -0.471. The number of fused-ring (bicyclic) bond motifs is 1. The Morgan fingerprint density at radius 1 is 1.06 bits per heavy atom. The molecule has 3 aromatic rings. The second-order valence-corrected chi connectivity index (χ2v) is 10.5. The summed E-state index contributed by atoms with van der Waals surface area (Å²) in [5.41, 5.74) is 2.92. The fraction of sp³-hybridized carbons (Fsp3) is 0.379. The van der Waals surface area contributed by atoms with Crippen LogP contribution >= 0.6 is 0 Å². The summed E-state index contributed by atoms with van der Waals surface area (Å²) >= 11 is 0. The van der Waals surface area contributed by atoms with E-state index in [2.05, 4.69) is 23.5 Å². The molecule has 1 aliphatic carbocycles. The van der Waals surface area contributed by atoms with Gasteiger partial charge in [-0.1, -0.05) is 57.2 Å². The highest BCUT2D eigenvalue weighted by atomic mass is 16.5. The van der Waals surface area contributed by atoms with Gasteiger partial charge in [-0.2, -0.15) is 0 Å². The Kier molecular flexibility index (Phi) is 6.13. The SMILES string of the molecule is CC(C)(C)C(=O)N1CCc2ccc(OCc3ccc(C(=O)NC4CC4)o3)cc2C1c1ccccc1.